The molecule has 1 aliphatic heterocycles. The van der Waals surface area contributed by atoms with Gasteiger partial charge in [0.1, 0.15) is 11.8 Å². The number of benzene rings is 1. The SMILES string of the molecule is CC(Nc1ncnc2nc[nH]c12)C1=Cn2ccc(-c3cnn(C)c3)c2C2(C3CC32)N1c1ccccc1. The first kappa shape index (κ1) is 19.9. The second kappa shape index (κ2) is 6.84. The summed E-state index contributed by atoms with van der Waals surface area (Å²) in [6.45, 7) is 2.20. The van der Waals surface area contributed by atoms with Gasteiger partial charge < -0.3 is 19.8 Å². The maximum Gasteiger partial charge on any atom is 0.182 e. The van der Waals surface area contributed by atoms with Gasteiger partial charge in [0.2, 0.25) is 0 Å². The number of hydrogen-bond acceptors (Lipinski definition) is 6. The van der Waals surface area contributed by atoms with Crippen molar-refractivity contribution < 1.29 is 0 Å². The van der Waals surface area contributed by atoms with Gasteiger partial charge in [-0.15, -0.1) is 0 Å². The van der Waals surface area contributed by atoms with Gasteiger partial charge in [0.15, 0.2) is 11.5 Å². The molecule has 5 aromatic rings. The topological polar surface area (TPSA) is 92.5 Å². The van der Waals surface area contributed by atoms with Crippen molar-refractivity contribution in [1.29, 1.82) is 0 Å². The summed E-state index contributed by atoms with van der Waals surface area (Å²) in [6, 6.07) is 13.0. The molecule has 9 heteroatoms. The summed E-state index contributed by atoms with van der Waals surface area (Å²) in [5.74, 6) is 2.05. The Morgan fingerprint density at radius 3 is 2.72 bits per heavy atom. The van der Waals surface area contributed by atoms with Gasteiger partial charge in [-0.1, -0.05) is 18.2 Å². The van der Waals surface area contributed by atoms with E-state index < -0.39 is 0 Å². The summed E-state index contributed by atoms with van der Waals surface area (Å²) >= 11 is 0. The molecular formula is C27H25N9. The van der Waals surface area contributed by atoms with Crippen LogP contribution in [0.2, 0.25) is 0 Å². The standard InChI is InChI=1S/C27H25N9/c1-16(33-26-23-25(29-14-28-23)30-15-31-26)22-13-35-9-8-19(17-11-32-34(2)12-17)24(35)27(20-10-21(20)27)36(22)18-6-4-3-5-7-18/h3-9,11-16,20-21H,10H2,1-2H3,(H2,28,29,30,31,33). The number of nitrogens with one attached hydrogen (secondary N) is 2. The predicted octanol–water partition coefficient (Wildman–Crippen LogP) is 4.22. The van der Waals surface area contributed by atoms with Crippen LogP contribution in [0.15, 0.2) is 73.3 Å². The Labute approximate surface area is 207 Å². The first-order valence-corrected chi connectivity index (χ1v) is 12.3. The highest BCUT2D eigenvalue weighted by Gasteiger charge is 2.82. The molecule has 0 radical (unpaired) electrons. The van der Waals surface area contributed by atoms with E-state index in [1.54, 1.807) is 12.7 Å². The van der Waals surface area contributed by atoms with Crippen LogP contribution in [0.3, 0.4) is 0 Å². The van der Waals surface area contributed by atoms with Gasteiger partial charge in [-0.2, -0.15) is 5.10 Å². The van der Waals surface area contributed by atoms with E-state index in [1.807, 2.05) is 17.9 Å². The second-order valence-electron chi connectivity index (χ2n) is 10.1. The number of hydrogen-bond donors (Lipinski definition) is 2. The Morgan fingerprint density at radius 2 is 1.97 bits per heavy atom. The molecule has 0 bridgehead atoms. The smallest absolute Gasteiger partial charge is 0.182 e. The number of nitrogens with zero attached hydrogens (tertiary/aromatic N) is 7. The molecule has 5 heterocycles. The monoisotopic (exact) mass is 475 g/mol. The molecular weight excluding hydrogens is 450 g/mol. The zero-order chi connectivity index (χ0) is 24.0. The molecule has 2 fully saturated rings. The van der Waals surface area contributed by atoms with Crippen LogP contribution in [0.25, 0.3) is 28.5 Å². The van der Waals surface area contributed by atoms with E-state index in [-0.39, 0.29) is 11.6 Å². The molecule has 0 saturated heterocycles. The van der Waals surface area contributed by atoms with Gasteiger partial charge in [0, 0.05) is 42.5 Å². The van der Waals surface area contributed by atoms with Crippen molar-refractivity contribution in [2.24, 2.45) is 18.9 Å². The molecule has 2 N–H and O–H groups in total. The minimum Gasteiger partial charge on any atom is -0.360 e. The second-order valence-corrected chi connectivity index (χ2v) is 10.1. The number of rotatable bonds is 5. The third-order valence-electron chi connectivity index (χ3n) is 8.06. The van der Waals surface area contributed by atoms with Gasteiger partial charge in [-0.05, 0) is 43.4 Å². The molecule has 3 unspecified atom stereocenters. The minimum atomic E-state index is -0.0506. The molecule has 3 atom stereocenters. The number of aryl methyl sites for hydroxylation is 1. The van der Waals surface area contributed by atoms with Crippen LogP contribution < -0.4 is 10.2 Å². The predicted molar refractivity (Wildman–Crippen MR) is 138 cm³/mol. The summed E-state index contributed by atoms with van der Waals surface area (Å²) in [5.41, 5.74) is 7.64. The molecule has 3 aliphatic rings. The van der Waals surface area contributed by atoms with Gasteiger partial charge in [-0.3, -0.25) is 4.68 Å². The van der Waals surface area contributed by atoms with E-state index >= 15 is 0 Å². The molecule has 0 amide bonds. The lowest BCUT2D eigenvalue weighted by molar-refractivity contribution is 0.464. The molecule has 1 spiro atoms. The van der Waals surface area contributed by atoms with Crippen molar-refractivity contribution in [1.82, 2.24) is 34.3 Å². The first-order chi connectivity index (χ1) is 17.7. The van der Waals surface area contributed by atoms with E-state index in [0.29, 0.717) is 17.5 Å². The van der Waals surface area contributed by atoms with Crippen LogP contribution in [0.1, 0.15) is 19.0 Å². The van der Waals surface area contributed by atoms with Crippen molar-refractivity contribution in [3.05, 3.63) is 79.0 Å². The molecule has 8 rings (SSSR count). The molecule has 2 aliphatic carbocycles. The minimum absolute atomic E-state index is 0.0131. The number of fused-ring (bicyclic) bond motifs is 6. The van der Waals surface area contributed by atoms with Crippen molar-refractivity contribution in [2.45, 2.75) is 24.9 Å². The van der Waals surface area contributed by atoms with Crippen molar-refractivity contribution in [3.63, 3.8) is 0 Å². The fraction of sp³-hybridized carbons (Fsp3) is 0.259. The van der Waals surface area contributed by atoms with E-state index in [9.17, 15) is 0 Å². The molecule has 4 aromatic heterocycles. The zero-order valence-electron chi connectivity index (χ0n) is 20.0. The van der Waals surface area contributed by atoms with Crippen LogP contribution in [-0.2, 0) is 12.6 Å². The summed E-state index contributed by atoms with van der Waals surface area (Å²) in [4.78, 5) is 18.8. The van der Waals surface area contributed by atoms with Crippen LogP contribution >= 0.6 is 0 Å². The average molecular weight is 476 g/mol. The zero-order valence-corrected chi connectivity index (χ0v) is 20.0. The highest BCUT2D eigenvalue weighted by molar-refractivity contribution is 5.83. The Hall–Kier alpha value is -4.40. The number of aromatic nitrogens is 7. The summed E-state index contributed by atoms with van der Waals surface area (Å²) < 4.78 is 4.22. The van der Waals surface area contributed by atoms with E-state index in [4.69, 9.17) is 0 Å². The molecule has 36 heavy (non-hydrogen) atoms. The van der Waals surface area contributed by atoms with Crippen LogP contribution in [-0.4, -0.2) is 40.3 Å². The number of para-hydroxylation sites is 1. The van der Waals surface area contributed by atoms with Gasteiger partial charge >= 0.3 is 0 Å². The van der Waals surface area contributed by atoms with Crippen molar-refractivity contribution in [2.75, 3.05) is 10.2 Å². The Kier molecular flexibility index (Phi) is 3.77. The highest BCUT2D eigenvalue weighted by Crippen LogP contribution is 2.81. The first-order valence-electron chi connectivity index (χ1n) is 12.3. The van der Waals surface area contributed by atoms with Crippen LogP contribution in [0.4, 0.5) is 11.5 Å². The van der Waals surface area contributed by atoms with Gasteiger partial charge in [0.25, 0.3) is 0 Å². The Balaban J connectivity index is 1.29. The highest BCUT2D eigenvalue weighted by atomic mass is 15.4. The quantitative estimate of drug-likeness (QED) is 0.395. The average Bonchev–Trinajstić information content (AvgIpc) is 3.53. The lowest BCUT2D eigenvalue weighted by atomic mass is 9.89. The normalized spacial score (nSPS) is 24.4. The van der Waals surface area contributed by atoms with Gasteiger partial charge in [-0.25, -0.2) is 15.0 Å². The molecule has 1 aromatic carbocycles. The third kappa shape index (κ3) is 2.54. The number of aromatic amines is 1. The Bertz CT molecular complexity index is 1650. The molecule has 178 valence electrons. The van der Waals surface area contributed by atoms with Crippen molar-refractivity contribution in [3.8, 4) is 11.1 Å². The Morgan fingerprint density at radius 1 is 1.11 bits per heavy atom. The molecule has 2 saturated carbocycles. The number of H-pyrrole nitrogens is 1. The number of imidazole rings is 1. The third-order valence-corrected chi connectivity index (χ3v) is 8.06. The fourth-order valence-electron chi connectivity index (χ4n) is 6.29. The maximum absolute atomic E-state index is 4.52. The van der Waals surface area contributed by atoms with E-state index in [0.717, 1.165) is 16.9 Å². The molecule has 9 nitrogen and oxygen atoms in total. The largest absolute Gasteiger partial charge is 0.360 e. The lowest BCUT2D eigenvalue weighted by Crippen LogP contribution is -2.48. The van der Waals surface area contributed by atoms with E-state index in [1.165, 1.54) is 29.1 Å². The summed E-state index contributed by atoms with van der Waals surface area (Å²) in [6.07, 6.45) is 13.0. The summed E-state index contributed by atoms with van der Waals surface area (Å²) in [5, 5.41) is 8.11. The van der Waals surface area contributed by atoms with Gasteiger partial charge in [0.05, 0.1) is 35.5 Å². The van der Waals surface area contributed by atoms with Crippen molar-refractivity contribution >= 4 is 28.9 Å². The number of anilines is 2. The maximum atomic E-state index is 4.52. The van der Waals surface area contributed by atoms with E-state index in [2.05, 4.69) is 102 Å². The fourth-order valence-corrected chi connectivity index (χ4v) is 6.29. The van der Waals surface area contributed by atoms with Crippen LogP contribution in [0, 0.1) is 11.8 Å². The summed E-state index contributed by atoms with van der Waals surface area (Å²) in [7, 11) is 1.97. The lowest BCUT2D eigenvalue weighted by Gasteiger charge is -2.45. The van der Waals surface area contributed by atoms with Crippen LogP contribution in [0.5, 0.6) is 0 Å².